The topological polar surface area (TPSA) is 44.5 Å². The highest BCUT2D eigenvalue weighted by atomic mass is 16.5. The minimum Gasteiger partial charge on any atom is -0.494 e. The highest BCUT2D eigenvalue weighted by Gasteiger charge is 2.19. The quantitative estimate of drug-likeness (QED) is 0.872. The molecule has 1 aromatic rings. The van der Waals surface area contributed by atoms with Crippen LogP contribution in [0.1, 0.15) is 39.0 Å². The van der Waals surface area contributed by atoms with Crippen molar-refractivity contribution in [1.82, 2.24) is 0 Å². The Morgan fingerprint density at radius 1 is 1.06 bits per heavy atom. The van der Waals surface area contributed by atoms with E-state index in [1.165, 1.54) is 0 Å². The van der Waals surface area contributed by atoms with Crippen molar-refractivity contribution in [3.8, 4) is 11.5 Å². The van der Waals surface area contributed by atoms with Gasteiger partial charge >= 0.3 is 0 Å². The molecule has 0 bridgehead atoms. The van der Waals surface area contributed by atoms with Gasteiger partial charge in [0.1, 0.15) is 11.5 Å². The number of hydrogen-bond acceptors (Lipinski definition) is 3. The summed E-state index contributed by atoms with van der Waals surface area (Å²) in [6.45, 7) is 2.87. The van der Waals surface area contributed by atoms with Crippen LogP contribution in [0.3, 0.4) is 0 Å². The maximum absolute atomic E-state index is 5.95. The Morgan fingerprint density at radius 2 is 1.67 bits per heavy atom. The van der Waals surface area contributed by atoms with Gasteiger partial charge in [-0.3, -0.25) is 0 Å². The van der Waals surface area contributed by atoms with Crippen molar-refractivity contribution in [2.45, 2.75) is 51.2 Å². The van der Waals surface area contributed by atoms with Gasteiger partial charge in [-0.25, -0.2) is 0 Å². The van der Waals surface area contributed by atoms with Crippen LogP contribution < -0.4 is 15.2 Å². The van der Waals surface area contributed by atoms with E-state index in [1.54, 1.807) is 0 Å². The molecule has 100 valence electrons. The van der Waals surface area contributed by atoms with Crippen molar-refractivity contribution in [3.05, 3.63) is 24.3 Å². The molecule has 0 saturated heterocycles. The summed E-state index contributed by atoms with van der Waals surface area (Å²) in [6, 6.07) is 8.28. The molecule has 1 fully saturated rings. The van der Waals surface area contributed by atoms with E-state index in [1.807, 2.05) is 24.3 Å². The van der Waals surface area contributed by atoms with E-state index >= 15 is 0 Å². The molecule has 1 aliphatic carbocycles. The first kappa shape index (κ1) is 13.2. The third-order valence-electron chi connectivity index (χ3n) is 3.32. The van der Waals surface area contributed by atoms with E-state index in [4.69, 9.17) is 15.2 Å². The molecule has 3 nitrogen and oxygen atoms in total. The lowest BCUT2D eigenvalue weighted by Crippen LogP contribution is -2.31. The fourth-order valence-corrected chi connectivity index (χ4v) is 2.23. The van der Waals surface area contributed by atoms with Crippen LogP contribution in [0.5, 0.6) is 11.5 Å². The number of rotatable bonds is 5. The molecule has 0 aromatic heterocycles. The van der Waals surface area contributed by atoms with Crippen LogP contribution in [0.2, 0.25) is 0 Å². The largest absolute Gasteiger partial charge is 0.494 e. The van der Waals surface area contributed by atoms with Crippen molar-refractivity contribution < 1.29 is 9.47 Å². The minimum atomic E-state index is 0.326. The van der Waals surface area contributed by atoms with E-state index < -0.39 is 0 Å². The second-order valence-electron chi connectivity index (χ2n) is 4.97. The van der Waals surface area contributed by atoms with Gasteiger partial charge in [0.2, 0.25) is 0 Å². The second kappa shape index (κ2) is 6.64. The Bertz CT molecular complexity index is 342. The maximum Gasteiger partial charge on any atom is 0.119 e. The summed E-state index contributed by atoms with van der Waals surface area (Å²) in [7, 11) is 0. The average Bonchev–Trinajstić information content (AvgIpc) is 2.41. The first-order valence-electron chi connectivity index (χ1n) is 6.93. The first-order chi connectivity index (χ1) is 8.78. The molecule has 0 atom stereocenters. The Balaban J connectivity index is 1.82. The zero-order valence-electron chi connectivity index (χ0n) is 11.1. The Hall–Kier alpha value is -1.22. The lowest BCUT2D eigenvalue weighted by Gasteiger charge is -2.26. The van der Waals surface area contributed by atoms with Crippen molar-refractivity contribution in [1.29, 1.82) is 0 Å². The van der Waals surface area contributed by atoms with Crippen LogP contribution in [-0.4, -0.2) is 18.8 Å². The van der Waals surface area contributed by atoms with Gasteiger partial charge in [-0.05, 0) is 56.4 Å². The molecule has 0 amide bonds. The third-order valence-corrected chi connectivity index (χ3v) is 3.32. The number of benzene rings is 1. The molecule has 0 unspecified atom stereocenters. The maximum atomic E-state index is 5.95. The first-order valence-corrected chi connectivity index (χ1v) is 6.93. The monoisotopic (exact) mass is 249 g/mol. The van der Waals surface area contributed by atoms with E-state index in [-0.39, 0.29) is 0 Å². The van der Waals surface area contributed by atoms with Crippen LogP contribution in [0.15, 0.2) is 24.3 Å². The summed E-state index contributed by atoms with van der Waals surface area (Å²) < 4.78 is 11.5. The van der Waals surface area contributed by atoms with Crippen LogP contribution >= 0.6 is 0 Å². The summed E-state index contributed by atoms with van der Waals surface area (Å²) >= 11 is 0. The zero-order valence-corrected chi connectivity index (χ0v) is 11.1. The van der Waals surface area contributed by atoms with Gasteiger partial charge in [0.05, 0.1) is 12.7 Å². The smallest absolute Gasteiger partial charge is 0.119 e. The summed E-state index contributed by atoms with van der Waals surface area (Å²) in [4.78, 5) is 0. The van der Waals surface area contributed by atoms with Crippen molar-refractivity contribution in [2.75, 3.05) is 6.61 Å². The number of hydrogen-bond donors (Lipinski definition) is 1. The lowest BCUT2D eigenvalue weighted by atomic mass is 9.94. The molecule has 2 rings (SSSR count). The van der Waals surface area contributed by atoms with E-state index in [0.717, 1.165) is 50.2 Å². The Labute approximate surface area is 109 Å². The summed E-state index contributed by atoms with van der Waals surface area (Å²) in [5.74, 6) is 1.84. The van der Waals surface area contributed by atoms with Crippen LogP contribution in [0.25, 0.3) is 0 Å². The van der Waals surface area contributed by atoms with Gasteiger partial charge in [-0.1, -0.05) is 6.92 Å². The van der Waals surface area contributed by atoms with Gasteiger partial charge in [0.15, 0.2) is 0 Å². The van der Waals surface area contributed by atoms with Gasteiger partial charge < -0.3 is 15.2 Å². The molecular formula is C15H23NO2. The van der Waals surface area contributed by atoms with Gasteiger partial charge in [-0.2, -0.15) is 0 Å². The molecule has 2 N–H and O–H groups in total. The molecule has 0 heterocycles. The van der Waals surface area contributed by atoms with Crippen molar-refractivity contribution in [2.24, 2.45) is 5.73 Å². The number of ether oxygens (including phenoxy) is 2. The Kier molecular flexibility index (Phi) is 4.88. The van der Waals surface area contributed by atoms with Crippen LogP contribution in [0.4, 0.5) is 0 Å². The molecule has 3 heteroatoms. The molecule has 0 aliphatic heterocycles. The fourth-order valence-electron chi connectivity index (χ4n) is 2.23. The molecule has 0 radical (unpaired) electrons. The SMILES string of the molecule is CCCOc1ccc(OC2CCC(N)CC2)cc1. The molecular weight excluding hydrogens is 226 g/mol. The van der Waals surface area contributed by atoms with E-state index in [0.29, 0.717) is 12.1 Å². The van der Waals surface area contributed by atoms with Crippen molar-refractivity contribution >= 4 is 0 Å². The standard InChI is InChI=1S/C15H23NO2/c1-2-11-17-13-7-9-15(10-8-13)18-14-5-3-12(16)4-6-14/h7-10,12,14H,2-6,11,16H2,1H3. The minimum absolute atomic E-state index is 0.326. The Morgan fingerprint density at radius 3 is 2.28 bits per heavy atom. The molecule has 1 aliphatic rings. The average molecular weight is 249 g/mol. The summed E-state index contributed by atoms with van der Waals surface area (Å²) in [5, 5.41) is 0. The van der Waals surface area contributed by atoms with E-state index in [9.17, 15) is 0 Å². The van der Waals surface area contributed by atoms with Gasteiger partial charge in [-0.15, -0.1) is 0 Å². The highest BCUT2D eigenvalue weighted by molar-refractivity contribution is 5.31. The lowest BCUT2D eigenvalue weighted by molar-refractivity contribution is 0.147. The van der Waals surface area contributed by atoms with Crippen molar-refractivity contribution in [3.63, 3.8) is 0 Å². The highest BCUT2D eigenvalue weighted by Crippen LogP contribution is 2.24. The summed E-state index contributed by atoms with van der Waals surface area (Å²) in [5.41, 5.74) is 5.88. The molecule has 1 aromatic carbocycles. The van der Waals surface area contributed by atoms with Crippen LogP contribution in [0, 0.1) is 0 Å². The predicted molar refractivity (Wildman–Crippen MR) is 73.1 cm³/mol. The molecule has 18 heavy (non-hydrogen) atoms. The van der Waals surface area contributed by atoms with E-state index in [2.05, 4.69) is 6.92 Å². The fraction of sp³-hybridized carbons (Fsp3) is 0.600. The third kappa shape index (κ3) is 3.91. The summed E-state index contributed by atoms with van der Waals surface area (Å²) in [6.07, 6.45) is 5.63. The molecule has 1 saturated carbocycles. The van der Waals surface area contributed by atoms with Gasteiger partial charge in [0.25, 0.3) is 0 Å². The predicted octanol–water partition coefficient (Wildman–Crippen LogP) is 3.12. The second-order valence-corrected chi connectivity index (χ2v) is 4.97. The zero-order chi connectivity index (χ0) is 12.8. The van der Waals surface area contributed by atoms with Crippen LogP contribution in [-0.2, 0) is 0 Å². The normalized spacial score (nSPS) is 23.7. The van der Waals surface area contributed by atoms with Gasteiger partial charge in [0, 0.05) is 6.04 Å². The number of nitrogens with two attached hydrogens (primary N) is 1. The molecule has 0 spiro atoms.